The van der Waals surface area contributed by atoms with Crippen LogP contribution in [0.4, 0.5) is 10.1 Å². The molecule has 0 saturated carbocycles. The van der Waals surface area contributed by atoms with Crippen molar-refractivity contribution < 1.29 is 28.8 Å². The van der Waals surface area contributed by atoms with Gasteiger partial charge in [-0.05, 0) is 24.0 Å². The van der Waals surface area contributed by atoms with Crippen molar-refractivity contribution in [2.75, 3.05) is 38.0 Å². The van der Waals surface area contributed by atoms with Gasteiger partial charge >= 0.3 is 7.12 Å². The third kappa shape index (κ3) is 8.43. The topological polar surface area (TPSA) is 197 Å². The normalized spacial score (nSPS) is 11.5. The van der Waals surface area contributed by atoms with E-state index in [1.165, 1.54) is 11.0 Å². The van der Waals surface area contributed by atoms with Gasteiger partial charge in [0.05, 0.1) is 18.3 Å². The van der Waals surface area contributed by atoms with Gasteiger partial charge in [-0.25, -0.2) is 4.39 Å². The molecule has 1 rings (SSSR count). The largest absolute Gasteiger partial charge is 0.488 e. The van der Waals surface area contributed by atoms with Crippen LogP contribution in [-0.2, 0) is 14.4 Å². The van der Waals surface area contributed by atoms with Gasteiger partial charge in [-0.2, -0.15) is 0 Å². The number of carbonyl (C=O) groups is 3. The quantitative estimate of drug-likeness (QED) is 0.166. The van der Waals surface area contributed by atoms with E-state index in [0.717, 1.165) is 12.1 Å². The number of amides is 3. The second kappa shape index (κ2) is 12.9. The van der Waals surface area contributed by atoms with Gasteiger partial charge in [-0.3, -0.25) is 14.4 Å². The molecular weight excluding hydrogens is 398 g/mol. The highest BCUT2D eigenvalue weighted by atomic mass is 19.1. The van der Waals surface area contributed by atoms with Crippen LogP contribution in [0.5, 0.6) is 0 Å². The van der Waals surface area contributed by atoms with E-state index >= 15 is 0 Å². The van der Waals surface area contributed by atoms with Gasteiger partial charge in [0.25, 0.3) is 0 Å². The Bertz CT molecular complexity index is 733. The second-order valence-corrected chi connectivity index (χ2v) is 6.48. The van der Waals surface area contributed by atoms with Crippen molar-refractivity contribution in [1.82, 2.24) is 10.2 Å². The maximum Gasteiger partial charge on any atom is 0.488 e. The highest BCUT2D eigenvalue weighted by molar-refractivity contribution is 6.58. The number of nitrogens with zero attached hydrogens (tertiary/aromatic N) is 1. The van der Waals surface area contributed by atoms with E-state index in [-0.39, 0.29) is 43.0 Å². The Balaban J connectivity index is 2.45. The fraction of sp³-hybridized carbons (Fsp3) is 0.471. The van der Waals surface area contributed by atoms with Gasteiger partial charge in [0, 0.05) is 32.6 Å². The summed E-state index contributed by atoms with van der Waals surface area (Å²) in [5.74, 6) is -2.44. The molecule has 0 aliphatic carbocycles. The minimum absolute atomic E-state index is 0.0229. The standard InChI is InChI=1S/C17H28BFN6O5/c19-12-9-11(18(29)30)1-3-14(12)24-15(26)10-23-17(28)13(22)2-4-16(27)25(7-5-20)8-6-21/h1,3,9,13,29-30H,2,4-8,10,20-22H2,(H,23,28)(H,24,26). The van der Waals surface area contributed by atoms with Gasteiger partial charge in [-0.1, -0.05) is 6.07 Å². The smallest absolute Gasteiger partial charge is 0.423 e. The zero-order chi connectivity index (χ0) is 22.7. The summed E-state index contributed by atoms with van der Waals surface area (Å²) in [6.45, 7) is 0.824. The SMILES string of the molecule is NCCN(CCN)C(=O)CCC(N)C(=O)NCC(=O)Nc1ccc(B(O)O)cc1F. The molecular formula is C17H28BFN6O5. The minimum Gasteiger partial charge on any atom is -0.423 e. The third-order valence-corrected chi connectivity index (χ3v) is 4.15. The first-order chi connectivity index (χ1) is 14.2. The van der Waals surface area contributed by atoms with E-state index in [2.05, 4.69) is 10.6 Å². The lowest BCUT2D eigenvalue weighted by Crippen LogP contribution is -2.45. The van der Waals surface area contributed by atoms with Crippen LogP contribution >= 0.6 is 0 Å². The average Bonchev–Trinajstić information content (AvgIpc) is 2.71. The molecule has 1 unspecified atom stereocenters. The molecule has 0 aromatic heterocycles. The van der Waals surface area contributed by atoms with Crippen LogP contribution in [0.15, 0.2) is 18.2 Å². The van der Waals surface area contributed by atoms with Gasteiger partial charge in [0.15, 0.2) is 0 Å². The summed E-state index contributed by atoms with van der Waals surface area (Å²) in [7, 11) is -1.84. The molecule has 30 heavy (non-hydrogen) atoms. The number of benzene rings is 1. The molecule has 0 fully saturated rings. The molecule has 11 nitrogen and oxygen atoms in total. The highest BCUT2D eigenvalue weighted by Crippen LogP contribution is 2.11. The lowest BCUT2D eigenvalue weighted by molar-refractivity contribution is -0.131. The first-order valence-corrected chi connectivity index (χ1v) is 9.36. The van der Waals surface area contributed by atoms with Crippen LogP contribution in [0.25, 0.3) is 0 Å². The van der Waals surface area contributed by atoms with Crippen molar-refractivity contribution in [3.05, 3.63) is 24.0 Å². The van der Waals surface area contributed by atoms with Gasteiger partial charge < -0.3 is 42.8 Å². The van der Waals surface area contributed by atoms with E-state index in [0.29, 0.717) is 13.1 Å². The summed E-state index contributed by atoms with van der Waals surface area (Å²) in [5, 5.41) is 22.5. The van der Waals surface area contributed by atoms with Crippen LogP contribution in [0, 0.1) is 5.82 Å². The molecule has 1 aromatic carbocycles. The molecule has 0 spiro atoms. The van der Waals surface area contributed by atoms with Crippen molar-refractivity contribution in [3.8, 4) is 0 Å². The van der Waals surface area contributed by atoms with Crippen molar-refractivity contribution >= 4 is 36.0 Å². The molecule has 0 saturated heterocycles. The van der Waals surface area contributed by atoms with E-state index in [4.69, 9.17) is 27.2 Å². The number of nitrogens with two attached hydrogens (primary N) is 3. The first-order valence-electron chi connectivity index (χ1n) is 9.36. The Kier molecular flexibility index (Phi) is 10.9. The predicted molar refractivity (Wildman–Crippen MR) is 110 cm³/mol. The van der Waals surface area contributed by atoms with E-state index in [1.807, 2.05) is 0 Å². The molecule has 0 aliphatic heterocycles. The number of halogens is 1. The minimum atomic E-state index is -1.84. The average molecular weight is 426 g/mol. The van der Waals surface area contributed by atoms with Crippen LogP contribution < -0.4 is 33.3 Å². The summed E-state index contributed by atoms with van der Waals surface area (Å²) in [5.41, 5.74) is 16.4. The first kappa shape index (κ1) is 25.5. The van der Waals surface area contributed by atoms with Crippen molar-refractivity contribution in [2.24, 2.45) is 17.2 Å². The summed E-state index contributed by atoms with van der Waals surface area (Å²) in [4.78, 5) is 37.5. The maximum absolute atomic E-state index is 13.9. The number of hydrogen-bond acceptors (Lipinski definition) is 8. The number of nitrogens with one attached hydrogen (secondary N) is 2. The van der Waals surface area contributed by atoms with Gasteiger partial charge in [0.1, 0.15) is 5.82 Å². The van der Waals surface area contributed by atoms with Crippen molar-refractivity contribution in [1.29, 1.82) is 0 Å². The zero-order valence-electron chi connectivity index (χ0n) is 16.5. The number of rotatable bonds is 12. The number of anilines is 1. The molecule has 10 N–H and O–H groups in total. The van der Waals surface area contributed by atoms with Crippen LogP contribution in [-0.4, -0.2) is 78.6 Å². The molecule has 0 radical (unpaired) electrons. The van der Waals surface area contributed by atoms with Crippen LogP contribution in [0.1, 0.15) is 12.8 Å². The van der Waals surface area contributed by atoms with Gasteiger partial charge in [-0.15, -0.1) is 0 Å². The second-order valence-electron chi connectivity index (χ2n) is 6.48. The molecule has 1 aromatic rings. The Hall–Kier alpha value is -2.58. The fourth-order valence-corrected chi connectivity index (χ4v) is 2.53. The molecule has 166 valence electrons. The highest BCUT2D eigenvalue weighted by Gasteiger charge is 2.19. The Morgan fingerprint density at radius 1 is 1.17 bits per heavy atom. The van der Waals surface area contributed by atoms with Crippen LogP contribution in [0.2, 0.25) is 0 Å². The lowest BCUT2D eigenvalue weighted by atomic mass is 9.80. The zero-order valence-corrected chi connectivity index (χ0v) is 16.5. The third-order valence-electron chi connectivity index (χ3n) is 4.15. The lowest BCUT2D eigenvalue weighted by Gasteiger charge is -2.22. The Morgan fingerprint density at radius 3 is 2.33 bits per heavy atom. The van der Waals surface area contributed by atoms with E-state index in [1.54, 1.807) is 0 Å². The molecule has 13 heteroatoms. The summed E-state index contributed by atoms with van der Waals surface area (Å²) in [6.07, 6.45) is 0.0898. The summed E-state index contributed by atoms with van der Waals surface area (Å²) < 4.78 is 13.9. The molecule has 3 amide bonds. The van der Waals surface area contributed by atoms with Gasteiger partial charge in [0.2, 0.25) is 17.7 Å². The predicted octanol–water partition coefficient (Wildman–Crippen LogP) is -3.59. The summed E-state index contributed by atoms with van der Waals surface area (Å²) in [6, 6.07) is 2.24. The number of hydrogen-bond donors (Lipinski definition) is 7. The van der Waals surface area contributed by atoms with Crippen LogP contribution in [0.3, 0.4) is 0 Å². The van der Waals surface area contributed by atoms with Crippen molar-refractivity contribution in [3.63, 3.8) is 0 Å². The Morgan fingerprint density at radius 2 is 1.80 bits per heavy atom. The molecule has 0 aliphatic rings. The molecule has 0 heterocycles. The monoisotopic (exact) mass is 426 g/mol. The molecule has 0 bridgehead atoms. The molecule has 1 atom stereocenters. The fourth-order valence-electron chi connectivity index (χ4n) is 2.53. The van der Waals surface area contributed by atoms with E-state index < -0.39 is 37.3 Å². The number of carbonyl (C=O) groups excluding carboxylic acids is 3. The van der Waals surface area contributed by atoms with E-state index in [9.17, 15) is 18.8 Å². The summed E-state index contributed by atoms with van der Waals surface area (Å²) >= 11 is 0. The maximum atomic E-state index is 13.9. The Labute approximate surface area is 173 Å². The van der Waals surface area contributed by atoms with Crippen molar-refractivity contribution in [2.45, 2.75) is 18.9 Å².